The van der Waals surface area contributed by atoms with Crippen LogP contribution in [-0.2, 0) is 23.8 Å². The Labute approximate surface area is 188 Å². The van der Waals surface area contributed by atoms with E-state index in [0.29, 0.717) is 11.1 Å². The van der Waals surface area contributed by atoms with E-state index in [1.54, 1.807) is 13.8 Å². The van der Waals surface area contributed by atoms with Crippen LogP contribution in [0, 0.1) is 22.7 Å². The first-order chi connectivity index (χ1) is 14.7. The van der Waals surface area contributed by atoms with Crippen LogP contribution in [0.2, 0.25) is 0 Å². The summed E-state index contributed by atoms with van der Waals surface area (Å²) in [6, 6.07) is 0. The molecule has 0 aromatic heterocycles. The van der Waals surface area contributed by atoms with Gasteiger partial charge in [0.05, 0.1) is 29.8 Å². The number of fused-ring (bicyclic) bond motifs is 5. The molecule has 0 aromatic carbocycles. The van der Waals surface area contributed by atoms with Crippen LogP contribution >= 0.6 is 0 Å². The van der Waals surface area contributed by atoms with E-state index < -0.39 is 64.3 Å². The molecule has 2 saturated carbocycles. The Bertz CT molecular complexity index is 879. The second kappa shape index (κ2) is 7.09. The van der Waals surface area contributed by atoms with Crippen molar-refractivity contribution < 1.29 is 39.1 Å². The summed E-state index contributed by atoms with van der Waals surface area (Å²) in [7, 11) is 1.43. The molecule has 0 amide bonds. The van der Waals surface area contributed by atoms with Crippen molar-refractivity contribution in [3.05, 3.63) is 11.1 Å². The zero-order valence-corrected chi connectivity index (χ0v) is 20.0. The molecule has 32 heavy (non-hydrogen) atoms. The maximum atomic E-state index is 14.2. The van der Waals surface area contributed by atoms with Gasteiger partial charge in [-0.3, -0.25) is 9.59 Å². The summed E-state index contributed by atoms with van der Waals surface area (Å²) < 4.78 is 17.3. The third-order valence-corrected chi connectivity index (χ3v) is 9.40. The van der Waals surface area contributed by atoms with Crippen LogP contribution in [0.1, 0.15) is 54.4 Å². The van der Waals surface area contributed by atoms with E-state index in [9.17, 15) is 24.9 Å². The highest BCUT2D eigenvalue weighted by Crippen LogP contribution is 2.65. The quantitative estimate of drug-likeness (QED) is 0.421. The number of methoxy groups -OCH3 is 1. The van der Waals surface area contributed by atoms with Crippen LogP contribution in [0.3, 0.4) is 0 Å². The molecule has 2 bridgehead atoms. The maximum Gasteiger partial charge on any atom is 0.303 e. The standard InChI is InChI=1S/C24H36O8/c1-11-14(26)9-24(29)12(2)19-22(6,20(28)18(30-7)17(11)21(24,4)5)15(27)8-16-23(19,10-31-16)32-13(3)25/h12,14-16,18-19,26-27,29H,8-10H2,1-7H3/t12-,14?,15?,16?,18?,19?,22+,23?,24?/m0/s1. The number of carbonyl (C=O) groups excluding carboxylic acids is 2. The Morgan fingerprint density at radius 1 is 1.22 bits per heavy atom. The van der Waals surface area contributed by atoms with Crippen molar-refractivity contribution in [2.45, 2.75) is 90.0 Å². The summed E-state index contributed by atoms with van der Waals surface area (Å²) in [4.78, 5) is 26.4. The summed E-state index contributed by atoms with van der Waals surface area (Å²) in [6.45, 7) is 10.4. The van der Waals surface area contributed by atoms with Gasteiger partial charge in [-0.1, -0.05) is 20.8 Å². The van der Waals surface area contributed by atoms with Gasteiger partial charge in [0.2, 0.25) is 0 Å². The van der Waals surface area contributed by atoms with Crippen molar-refractivity contribution in [1.29, 1.82) is 0 Å². The molecule has 3 N–H and O–H groups in total. The fourth-order valence-corrected chi connectivity index (χ4v) is 7.58. The zero-order valence-electron chi connectivity index (χ0n) is 20.0. The molecule has 0 spiro atoms. The van der Waals surface area contributed by atoms with Crippen molar-refractivity contribution >= 4 is 11.8 Å². The Morgan fingerprint density at radius 2 is 1.84 bits per heavy atom. The van der Waals surface area contributed by atoms with Gasteiger partial charge in [0.15, 0.2) is 11.4 Å². The first kappa shape index (κ1) is 23.8. The molecule has 7 unspecified atom stereocenters. The van der Waals surface area contributed by atoms with E-state index in [-0.39, 0.29) is 25.2 Å². The molecule has 0 aromatic rings. The number of hydrogen-bond donors (Lipinski definition) is 3. The molecule has 8 nitrogen and oxygen atoms in total. The van der Waals surface area contributed by atoms with E-state index in [0.717, 1.165) is 0 Å². The van der Waals surface area contributed by atoms with Crippen molar-refractivity contribution in [3.8, 4) is 0 Å². The molecule has 4 aliphatic rings. The van der Waals surface area contributed by atoms with E-state index in [2.05, 4.69) is 0 Å². The Balaban J connectivity index is 2.04. The maximum absolute atomic E-state index is 14.2. The van der Waals surface area contributed by atoms with E-state index in [1.165, 1.54) is 14.0 Å². The second-order valence-corrected chi connectivity index (χ2v) is 11.0. The molecule has 0 radical (unpaired) electrons. The van der Waals surface area contributed by atoms with Crippen molar-refractivity contribution in [2.75, 3.05) is 13.7 Å². The van der Waals surface area contributed by atoms with Gasteiger partial charge in [-0.25, -0.2) is 0 Å². The molecule has 3 aliphatic carbocycles. The largest absolute Gasteiger partial charge is 0.454 e. The lowest BCUT2D eigenvalue weighted by atomic mass is 9.42. The Morgan fingerprint density at radius 3 is 2.34 bits per heavy atom. The molecule has 8 heteroatoms. The van der Waals surface area contributed by atoms with E-state index in [1.807, 2.05) is 20.8 Å². The lowest BCUT2D eigenvalue weighted by molar-refractivity contribution is -0.338. The summed E-state index contributed by atoms with van der Waals surface area (Å²) in [5, 5.41) is 34.5. The van der Waals surface area contributed by atoms with Crippen molar-refractivity contribution in [1.82, 2.24) is 0 Å². The van der Waals surface area contributed by atoms with Crippen LogP contribution < -0.4 is 0 Å². The first-order valence-corrected chi connectivity index (χ1v) is 11.4. The first-order valence-electron chi connectivity index (χ1n) is 11.4. The number of esters is 1. The number of ether oxygens (including phenoxy) is 3. The van der Waals surface area contributed by atoms with Gasteiger partial charge in [-0.15, -0.1) is 0 Å². The molecule has 3 fully saturated rings. The number of hydrogen-bond acceptors (Lipinski definition) is 8. The predicted molar refractivity (Wildman–Crippen MR) is 113 cm³/mol. The lowest BCUT2D eigenvalue weighted by Crippen LogP contribution is -2.79. The minimum Gasteiger partial charge on any atom is -0.454 e. The van der Waals surface area contributed by atoms with Gasteiger partial charge in [-0.05, 0) is 30.9 Å². The fourth-order valence-electron chi connectivity index (χ4n) is 7.58. The predicted octanol–water partition coefficient (Wildman–Crippen LogP) is 1.15. The molecule has 1 aliphatic heterocycles. The molecular weight excluding hydrogens is 416 g/mol. The molecular formula is C24H36O8. The van der Waals surface area contributed by atoms with E-state index in [4.69, 9.17) is 14.2 Å². The van der Waals surface area contributed by atoms with Gasteiger partial charge >= 0.3 is 5.97 Å². The highest BCUT2D eigenvalue weighted by molar-refractivity contribution is 5.93. The third-order valence-electron chi connectivity index (χ3n) is 9.40. The topological polar surface area (TPSA) is 123 Å². The summed E-state index contributed by atoms with van der Waals surface area (Å²) >= 11 is 0. The van der Waals surface area contributed by atoms with Crippen LogP contribution in [0.4, 0.5) is 0 Å². The normalized spacial score (nSPS) is 49.9. The summed E-state index contributed by atoms with van der Waals surface area (Å²) in [5.74, 6) is -2.21. The summed E-state index contributed by atoms with van der Waals surface area (Å²) in [5.41, 5.74) is -3.74. The number of aliphatic hydroxyl groups excluding tert-OH is 2. The minimum absolute atomic E-state index is 0.0610. The highest BCUT2D eigenvalue weighted by atomic mass is 16.6. The number of rotatable bonds is 2. The van der Waals surface area contributed by atoms with Gasteiger partial charge in [0, 0.05) is 38.2 Å². The average molecular weight is 453 g/mol. The zero-order chi connectivity index (χ0) is 24.0. The van der Waals surface area contributed by atoms with E-state index >= 15 is 0 Å². The van der Waals surface area contributed by atoms with Gasteiger partial charge in [0.1, 0.15) is 12.2 Å². The average Bonchev–Trinajstić information content (AvgIpc) is 2.69. The molecule has 4 rings (SSSR count). The minimum atomic E-state index is -1.46. The second-order valence-electron chi connectivity index (χ2n) is 11.0. The Hall–Kier alpha value is -1.32. The number of Topliss-reactive ketones (excluding diaryl/α,β-unsaturated/α-hetero) is 1. The molecule has 1 heterocycles. The van der Waals surface area contributed by atoms with Gasteiger partial charge < -0.3 is 29.5 Å². The number of carbonyl (C=O) groups is 2. The van der Waals surface area contributed by atoms with Crippen molar-refractivity contribution in [2.24, 2.45) is 22.7 Å². The van der Waals surface area contributed by atoms with Crippen molar-refractivity contribution in [3.63, 3.8) is 0 Å². The molecule has 9 atom stereocenters. The SMILES string of the molecule is COC1C(=O)[C@]2(C)C(O)CC3OCC3(OC(C)=O)C2[C@H](C)C2(O)CC(O)C(C)=C1C2(C)C. The smallest absolute Gasteiger partial charge is 0.303 e. The van der Waals surface area contributed by atoms with Crippen LogP contribution in [-0.4, -0.2) is 76.4 Å². The molecule has 180 valence electrons. The summed E-state index contributed by atoms with van der Waals surface area (Å²) in [6.07, 6.45) is -3.47. The van der Waals surface area contributed by atoms with Gasteiger partial charge in [-0.2, -0.15) is 0 Å². The van der Waals surface area contributed by atoms with Crippen LogP contribution in [0.5, 0.6) is 0 Å². The number of aliphatic hydroxyl groups is 3. The van der Waals surface area contributed by atoms with Crippen LogP contribution in [0.15, 0.2) is 11.1 Å². The third kappa shape index (κ3) is 2.61. The highest BCUT2D eigenvalue weighted by Gasteiger charge is 2.75. The van der Waals surface area contributed by atoms with Crippen LogP contribution in [0.25, 0.3) is 0 Å². The number of ketones is 1. The Kier molecular flexibility index (Phi) is 5.28. The lowest BCUT2D eigenvalue weighted by Gasteiger charge is -2.68. The fraction of sp³-hybridized carbons (Fsp3) is 0.833. The molecule has 1 saturated heterocycles. The van der Waals surface area contributed by atoms with Gasteiger partial charge in [0.25, 0.3) is 0 Å². The monoisotopic (exact) mass is 452 g/mol.